The Labute approximate surface area is 111 Å². The van der Waals surface area contributed by atoms with Gasteiger partial charge in [-0.1, -0.05) is 19.9 Å². The van der Waals surface area contributed by atoms with E-state index >= 15 is 0 Å². The van der Waals surface area contributed by atoms with Crippen LogP contribution in [0.5, 0.6) is 5.88 Å². The van der Waals surface area contributed by atoms with Gasteiger partial charge in [0.05, 0.1) is 11.4 Å². The summed E-state index contributed by atoms with van der Waals surface area (Å²) in [7, 11) is 1.86. The summed E-state index contributed by atoms with van der Waals surface area (Å²) in [6.45, 7) is 4.13. The fraction of sp³-hybridized carbons (Fsp3) is 0.308. The van der Waals surface area contributed by atoms with Crippen molar-refractivity contribution < 1.29 is 9.53 Å². The van der Waals surface area contributed by atoms with Crippen LogP contribution in [0.25, 0.3) is 11.3 Å². The van der Waals surface area contributed by atoms with Crippen molar-refractivity contribution in [3.63, 3.8) is 0 Å². The van der Waals surface area contributed by atoms with Crippen molar-refractivity contribution in [3.05, 3.63) is 30.1 Å². The van der Waals surface area contributed by atoms with Crippen molar-refractivity contribution >= 4 is 6.09 Å². The molecule has 0 fully saturated rings. The summed E-state index contributed by atoms with van der Waals surface area (Å²) >= 11 is 0. The molecule has 0 unspecified atom stereocenters. The van der Waals surface area contributed by atoms with Crippen molar-refractivity contribution in [2.75, 3.05) is 0 Å². The van der Waals surface area contributed by atoms with Gasteiger partial charge in [-0.05, 0) is 12.0 Å². The predicted octanol–water partition coefficient (Wildman–Crippen LogP) is 2.06. The summed E-state index contributed by atoms with van der Waals surface area (Å²) in [4.78, 5) is 15.0. The molecule has 2 aromatic heterocycles. The molecule has 19 heavy (non-hydrogen) atoms. The molecule has 2 rings (SSSR count). The Kier molecular flexibility index (Phi) is 3.50. The van der Waals surface area contributed by atoms with Crippen molar-refractivity contribution in [2.45, 2.75) is 19.8 Å². The lowest BCUT2D eigenvalue weighted by atomic mass is 10.0. The summed E-state index contributed by atoms with van der Waals surface area (Å²) in [6, 6.07) is 5.19. The molecular weight excluding hydrogens is 244 g/mol. The fourth-order valence-electron chi connectivity index (χ4n) is 1.85. The summed E-state index contributed by atoms with van der Waals surface area (Å²) in [5.74, 6) is 0.460. The molecule has 1 amide bonds. The van der Waals surface area contributed by atoms with E-state index in [-0.39, 0.29) is 11.8 Å². The zero-order valence-corrected chi connectivity index (χ0v) is 11.1. The number of nitrogens with zero attached hydrogens (tertiary/aromatic N) is 3. The van der Waals surface area contributed by atoms with E-state index in [1.54, 1.807) is 16.8 Å². The SMILES string of the molecule is CC(C)c1nn(C)cc1-c1cccc(OC(N)=O)n1. The van der Waals surface area contributed by atoms with Crippen LogP contribution < -0.4 is 10.5 Å². The highest BCUT2D eigenvalue weighted by atomic mass is 16.6. The second kappa shape index (κ2) is 5.09. The fourth-order valence-corrected chi connectivity index (χ4v) is 1.85. The van der Waals surface area contributed by atoms with Crippen LogP contribution in [0.2, 0.25) is 0 Å². The number of amides is 1. The maximum atomic E-state index is 10.7. The van der Waals surface area contributed by atoms with Crippen molar-refractivity contribution in [3.8, 4) is 17.1 Å². The normalized spacial score (nSPS) is 10.7. The minimum absolute atomic E-state index is 0.184. The molecule has 6 nitrogen and oxygen atoms in total. The number of pyridine rings is 1. The maximum absolute atomic E-state index is 10.7. The van der Waals surface area contributed by atoms with E-state index in [4.69, 9.17) is 10.5 Å². The topological polar surface area (TPSA) is 83.0 Å². The van der Waals surface area contributed by atoms with Gasteiger partial charge in [-0.15, -0.1) is 0 Å². The maximum Gasteiger partial charge on any atom is 0.411 e. The molecule has 2 N–H and O–H groups in total. The Morgan fingerprint density at radius 3 is 2.79 bits per heavy atom. The first-order chi connectivity index (χ1) is 8.97. The van der Waals surface area contributed by atoms with E-state index in [1.807, 2.05) is 19.3 Å². The van der Waals surface area contributed by atoms with Crippen LogP contribution in [-0.4, -0.2) is 20.9 Å². The zero-order chi connectivity index (χ0) is 14.0. The van der Waals surface area contributed by atoms with E-state index in [0.29, 0.717) is 5.69 Å². The van der Waals surface area contributed by atoms with Crippen LogP contribution in [-0.2, 0) is 7.05 Å². The number of nitrogens with two attached hydrogens (primary N) is 1. The molecule has 0 aliphatic carbocycles. The Hall–Kier alpha value is -2.37. The molecule has 0 radical (unpaired) electrons. The van der Waals surface area contributed by atoms with Gasteiger partial charge in [-0.3, -0.25) is 4.68 Å². The molecule has 0 aliphatic rings. The van der Waals surface area contributed by atoms with Gasteiger partial charge in [0.15, 0.2) is 0 Å². The minimum atomic E-state index is -0.875. The summed E-state index contributed by atoms with van der Waals surface area (Å²) in [6.07, 6.45) is 1.02. The molecule has 100 valence electrons. The van der Waals surface area contributed by atoms with Crippen LogP contribution in [0.3, 0.4) is 0 Å². The highest BCUT2D eigenvalue weighted by Gasteiger charge is 2.15. The molecule has 2 aromatic rings. The lowest BCUT2D eigenvalue weighted by molar-refractivity contribution is 0.209. The van der Waals surface area contributed by atoms with Crippen LogP contribution in [0, 0.1) is 0 Å². The zero-order valence-electron chi connectivity index (χ0n) is 11.1. The Morgan fingerprint density at radius 1 is 1.42 bits per heavy atom. The molecular formula is C13H16N4O2. The molecule has 0 saturated carbocycles. The van der Waals surface area contributed by atoms with E-state index < -0.39 is 6.09 Å². The molecule has 0 spiro atoms. The standard InChI is InChI=1S/C13H16N4O2/c1-8(2)12-9(7-17(3)16-12)10-5-4-6-11(15-10)19-13(14)18/h4-8H,1-3H3,(H2,14,18). The number of rotatable bonds is 3. The molecule has 2 heterocycles. The van der Waals surface area contributed by atoms with Crippen molar-refractivity contribution in [1.29, 1.82) is 0 Å². The van der Waals surface area contributed by atoms with E-state index in [0.717, 1.165) is 11.3 Å². The van der Waals surface area contributed by atoms with Gasteiger partial charge in [0.1, 0.15) is 0 Å². The van der Waals surface area contributed by atoms with E-state index in [9.17, 15) is 4.79 Å². The van der Waals surface area contributed by atoms with Crippen molar-refractivity contribution in [1.82, 2.24) is 14.8 Å². The van der Waals surface area contributed by atoms with Crippen LogP contribution in [0.15, 0.2) is 24.4 Å². The van der Waals surface area contributed by atoms with Crippen LogP contribution in [0.4, 0.5) is 4.79 Å². The number of carbonyl (C=O) groups excluding carboxylic acids is 1. The summed E-state index contributed by atoms with van der Waals surface area (Å²) < 4.78 is 6.53. The van der Waals surface area contributed by atoms with Gasteiger partial charge in [-0.2, -0.15) is 5.10 Å². The van der Waals surface area contributed by atoms with Gasteiger partial charge < -0.3 is 10.5 Å². The van der Waals surface area contributed by atoms with Gasteiger partial charge >= 0.3 is 6.09 Å². The first kappa shape index (κ1) is 13.1. The smallest absolute Gasteiger partial charge is 0.391 e. The quantitative estimate of drug-likeness (QED) is 0.915. The lowest BCUT2D eigenvalue weighted by Crippen LogP contribution is -2.16. The minimum Gasteiger partial charge on any atom is -0.391 e. The second-order valence-electron chi connectivity index (χ2n) is 4.54. The number of primary amides is 1. The second-order valence-corrected chi connectivity index (χ2v) is 4.54. The van der Waals surface area contributed by atoms with Crippen LogP contribution in [0.1, 0.15) is 25.5 Å². The Balaban J connectivity index is 2.44. The average Bonchev–Trinajstić information content (AvgIpc) is 2.71. The highest BCUT2D eigenvalue weighted by molar-refractivity contribution is 5.68. The van der Waals surface area contributed by atoms with Gasteiger partial charge in [0.25, 0.3) is 0 Å². The third-order valence-electron chi connectivity index (χ3n) is 2.61. The molecule has 0 saturated heterocycles. The predicted molar refractivity (Wildman–Crippen MR) is 70.7 cm³/mol. The monoisotopic (exact) mass is 260 g/mol. The number of aryl methyl sites for hydroxylation is 1. The third kappa shape index (κ3) is 2.90. The molecule has 0 aromatic carbocycles. The largest absolute Gasteiger partial charge is 0.411 e. The molecule has 0 atom stereocenters. The van der Waals surface area contributed by atoms with Gasteiger partial charge in [-0.25, -0.2) is 9.78 Å². The Bertz CT molecular complexity index is 604. The van der Waals surface area contributed by atoms with Crippen LogP contribution >= 0.6 is 0 Å². The first-order valence-electron chi connectivity index (χ1n) is 5.95. The molecule has 0 bridgehead atoms. The lowest BCUT2D eigenvalue weighted by Gasteiger charge is -2.06. The number of carbonyl (C=O) groups is 1. The van der Waals surface area contributed by atoms with Crippen molar-refractivity contribution in [2.24, 2.45) is 12.8 Å². The van der Waals surface area contributed by atoms with Gasteiger partial charge in [0.2, 0.25) is 5.88 Å². The molecule has 6 heteroatoms. The summed E-state index contributed by atoms with van der Waals surface area (Å²) in [5.41, 5.74) is 7.56. The van der Waals surface area contributed by atoms with E-state index in [1.165, 1.54) is 0 Å². The molecule has 0 aliphatic heterocycles. The Morgan fingerprint density at radius 2 is 2.16 bits per heavy atom. The number of hydrogen-bond donors (Lipinski definition) is 1. The number of ether oxygens (including phenoxy) is 1. The van der Waals surface area contributed by atoms with E-state index in [2.05, 4.69) is 23.9 Å². The number of hydrogen-bond acceptors (Lipinski definition) is 4. The average molecular weight is 260 g/mol. The number of aromatic nitrogens is 3. The first-order valence-corrected chi connectivity index (χ1v) is 5.95. The third-order valence-corrected chi connectivity index (χ3v) is 2.61. The van der Waals surface area contributed by atoms with Gasteiger partial charge in [0, 0.05) is 24.9 Å². The summed E-state index contributed by atoms with van der Waals surface area (Å²) in [5, 5.41) is 4.42. The highest BCUT2D eigenvalue weighted by Crippen LogP contribution is 2.27.